The van der Waals surface area contributed by atoms with Crippen LogP contribution in [0.4, 0.5) is 22.0 Å². The summed E-state index contributed by atoms with van der Waals surface area (Å²) in [5.41, 5.74) is 1.12. The van der Waals surface area contributed by atoms with Crippen molar-refractivity contribution in [2.45, 2.75) is 25.4 Å². The van der Waals surface area contributed by atoms with Crippen LogP contribution in [0.25, 0.3) is 0 Å². The average molecular weight is 294 g/mol. The molecule has 2 rings (SSSR count). The van der Waals surface area contributed by atoms with E-state index in [0.717, 1.165) is 0 Å². The first-order valence-electron chi connectivity index (χ1n) is 5.64. The number of allylic oxidation sites excluding steroid dienone is 2. The van der Waals surface area contributed by atoms with E-state index in [-0.39, 0.29) is 0 Å². The molecule has 0 saturated heterocycles. The summed E-state index contributed by atoms with van der Waals surface area (Å²) < 4.78 is 73.4. The lowest BCUT2D eigenvalue weighted by atomic mass is 9.96. The molecule has 0 aliphatic heterocycles. The topological polar surface area (TPSA) is 18.5 Å². The molecule has 0 atom stereocenters. The molecule has 0 N–H and O–H groups in total. The maximum Gasteiger partial charge on any atom is 0.375 e. The van der Waals surface area contributed by atoms with Gasteiger partial charge in [-0.3, -0.25) is 0 Å². The second-order valence-electron chi connectivity index (χ2n) is 4.37. The summed E-state index contributed by atoms with van der Waals surface area (Å²) in [4.78, 5) is 0. The van der Waals surface area contributed by atoms with Crippen LogP contribution in [0.3, 0.4) is 0 Å². The Bertz CT molecular complexity index is 566. The molecule has 0 unspecified atom stereocenters. The van der Waals surface area contributed by atoms with Crippen molar-refractivity contribution < 1.29 is 31.4 Å². The molecule has 0 amide bonds. The highest BCUT2D eigenvalue weighted by molar-refractivity contribution is 5.37. The van der Waals surface area contributed by atoms with E-state index in [9.17, 15) is 22.0 Å². The molecule has 0 saturated carbocycles. The highest BCUT2D eigenvalue weighted by Gasteiger charge is 2.74. The number of aryl methyl sites for hydroxylation is 1. The zero-order valence-corrected chi connectivity index (χ0v) is 10.6. The predicted molar refractivity (Wildman–Crippen MR) is 60.5 cm³/mol. The van der Waals surface area contributed by atoms with Crippen LogP contribution in [0.1, 0.15) is 11.1 Å². The molecule has 20 heavy (non-hydrogen) atoms. The molecule has 1 aromatic rings. The van der Waals surface area contributed by atoms with Crippen LogP contribution in [-0.2, 0) is 11.3 Å². The van der Waals surface area contributed by atoms with Gasteiger partial charge in [0.1, 0.15) is 12.4 Å². The number of halogens is 5. The van der Waals surface area contributed by atoms with Crippen molar-refractivity contribution in [2.24, 2.45) is 0 Å². The van der Waals surface area contributed by atoms with Gasteiger partial charge in [0.05, 0.1) is 7.11 Å². The van der Waals surface area contributed by atoms with Gasteiger partial charge < -0.3 is 9.47 Å². The van der Waals surface area contributed by atoms with Crippen molar-refractivity contribution in [1.29, 1.82) is 0 Å². The summed E-state index contributed by atoms with van der Waals surface area (Å²) in [7, 11) is 1.46. The molecule has 1 aromatic carbocycles. The SMILES string of the molecule is COc1ccc(COC2=C(F)C(F)(F)C2(F)F)c(C)c1. The molecule has 1 aliphatic rings. The number of methoxy groups -OCH3 is 1. The van der Waals surface area contributed by atoms with Gasteiger partial charge in [-0.15, -0.1) is 0 Å². The van der Waals surface area contributed by atoms with E-state index in [1.807, 2.05) is 0 Å². The third-order valence-electron chi connectivity index (χ3n) is 3.08. The van der Waals surface area contributed by atoms with Crippen LogP contribution in [0.5, 0.6) is 5.75 Å². The van der Waals surface area contributed by atoms with E-state index >= 15 is 0 Å². The van der Waals surface area contributed by atoms with E-state index in [1.54, 1.807) is 19.1 Å². The van der Waals surface area contributed by atoms with Gasteiger partial charge in [0.25, 0.3) is 0 Å². The van der Waals surface area contributed by atoms with Gasteiger partial charge in [0.15, 0.2) is 0 Å². The first kappa shape index (κ1) is 14.6. The van der Waals surface area contributed by atoms with Crippen LogP contribution in [0.15, 0.2) is 29.8 Å². The van der Waals surface area contributed by atoms with Crippen LogP contribution >= 0.6 is 0 Å². The van der Waals surface area contributed by atoms with Gasteiger partial charge in [-0.2, -0.15) is 17.6 Å². The average Bonchev–Trinajstić information content (AvgIpc) is 2.39. The van der Waals surface area contributed by atoms with Crippen molar-refractivity contribution in [2.75, 3.05) is 7.11 Å². The minimum Gasteiger partial charge on any atom is -0.497 e. The van der Waals surface area contributed by atoms with E-state index < -0.39 is 30.0 Å². The molecule has 110 valence electrons. The Kier molecular flexibility index (Phi) is 3.39. The zero-order valence-electron chi connectivity index (χ0n) is 10.6. The number of benzene rings is 1. The second-order valence-corrected chi connectivity index (χ2v) is 4.37. The zero-order chi connectivity index (χ0) is 15.1. The van der Waals surface area contributed by atoms with Gasteiger partial charge in [0, 0.05) is 0 Å². The first-order chi connectivity index (χ1) is 9.21. The maximum atomic E-state index is 13.0. The highest BCUT2D eigenvalue weighted by atomic mass is 19.3. The molecule has 0 spiro atoms. The van der Waals surface area contributed by atoms with Crippen LogP contribution in [-0.4, -0.2) is 19.0 Å². The number of hydrogen-bond acceptors (Lipinski definition) is 2. The Morgan fingerprint density at radius 1 is 1.10 bits per heavy atom. The number of hydrogen-bond donors (Lipinski definition) is 0. The largest absolute Gasteiger partial charge is 0.497 e. The highest BCUT2D eigenvalue weighted by Crippen LogP contribution is 2.56. The molecule has 0 heterocycles. The first-order valence-corrected chi connectivity index (χ1v) is 5.64. The third kappa shape index (κ3) is 2.01. The van der Waals surface area contributed by atoms with Crippen molar-refractivity contribution in [3.63, 3.8) is 0 Å². The van der Waals surface area contributed by atoms with E-state index in [4.69, 9.17) is 4.74 Å². The normalized spacial score (nSPS) is 19.6. The molecule has 0 aromatic heterocycles. The lowest BCUT2D eigenvalue weighted by molar-refractivity contribution is -0.233. The molecule has 0 radical (unpaired) electrons. The lowest BCUT2D eigenvalue weighted by Gasteiger charge is -2.35. The van der Waals surface area contributed by atoms with Gasteiger partial charge >= 0.3 is 11.8 Å². The van der Waals surface area contributed by atoms with Gasteiger partial charge in [-0.25, -0.2) is 4.39 Å². The van der Waals surface area contributed by atoms with E-state index in [2.05, 4.69) is 4.74 Å². The Balaban J connectivity index is 2.13. The molecule has 2 nitrogen and oxygen atoms in total. The van der Waals surface area contributed by atoms with Crippen molar-refractivity contribution in [3.05, 3.63) is 40.9 Å². The number of ether oxygens (including phenoxy) is 2. The van der Waals surface area contributed by atoms with Crippen molar-refractivity contribution in [1.82, 2.24) is 0 Å². The summed E-state index contributed by atoms with van der Waals surface area (Å²) in [5.74, 6) is -12.6. The van der Waals surface area contributed by atoms with Crippen molar-refractivity contribution >= 4 is 0 Å². The summed E-state index contributed by atoms with van der Waals surface area (Å²) in [5, 5.41) is 0. The second kappa shape index (κ2) is 4.64. The molecular formula is C13H11F5O2. The maximum absolute atomic E-state index is 13.0. The van der Waals surface area contributed by atoms with Gasteiger partial charge in [0.2, 0.25) is 11.6 Å². The molecule has 0 fully saturated rings. The Morgan fingerprint density at radius 2 is 1.75 bits per heavy atom. The third-order valence-corrected chi connectivity index (χ3v) is 3.08. The molecule has 7 heteroatoms. The fourth-order valence-corrected chi connectivity index (χ4v) is 1.76. The van der Waals surface area contributed by atoms with Crippen molar-refractivity contribution in [3.8, 4) is 5.75 Å². The van der Waals surface area contributed by atoms with E-state index in [1.165, 1.54) is 13.2 Å². The quantitative estimate of drug-likeness (QED) is 0.782. The molecule has 0 bridgehead atoms. The minimum atomic E-state index is -4.78. The summed E-state index contributed by atoms with van der Waals surface area (Å²) in [6.45, 7) is 1.24. The minimum absolute atomic E-state index is 0.426. The predicted octanol–water partition coefficient (Wildman–Crippen LogP) is 3.99. The van der Waals surface area contributed by atoms with Crippen LogP contribution in [0, 0.1) is 6.92 Å². The summed E-state index contributed by atoms with van der Waals surface area (Å²) in [6.07, 6.45) is 0. The summed E-state index contributed by atoms with van der Waals surface area (Å²) >= 11 is 0. The standard InChI is InChI=1S/C13H11F5O2/c1-7-5-9(19-2)4-3-8(7)6-20-11-10(14)12(15,16)13(11,17)18/h3-5H,6H2,1-2H3. The van der Waals surface area contributed by atoms with Crippen LogP contribution < -0.4 is 4.74 Å². The fraction of sp³-hybridized carbons (Fsp3) is 0.385. The Morgan fingerprint density at radius 3 is 2.25 bits per heavy atom. The monoisotopic (exact) mass is 294 g/mol. The lowest BCUT2D eigenvalue weighted by Crippen LogP contribution is -2.53. The Labute approximate surface area is 111 Å². The van der Waals surface area contributed by atoms with Gasteiger partial charge in [-0.05, 0) is 30.2 Å². The smallest absolute Gasteiger partial charge is 0.375 e. The number of rotatable bonds is 4. The molecule has 1 aliphatic carbocycles. The Hall–Kier alpha value is -1.79. The number of alkyl halides is 4. The fourth-order valence-electron chi connectivity index (χ4n) is 1.76. The molecular weight excluding hydrogens is 283 g/mol. The van der Waals surface area contributed by atoms with E-state index in [0.29, 0.717) is 16.9 Å². The van der Waals surface area contributed by atoms with Crippen LogP contribution in [0.2, 0.25) is 0 Å². The van der Waals surface area contributed by atoms with Gasteiger partial charge in [-0.1, -0.05) is 6.07 Å². The summed E-state index contributed by atoms with van der Waals surface area (Å²) in [6, 6.07) is 4.71.